The first kappa shape index (κ1) is 24.4. The summed E-state index contributed by atoms with van der Waals surface area (Å²) in [6, 6.07) is 39.9. The second-order valence-electron chi connectivity index (χ2n) is 9.73. The molecular formula is C34H23N5O2. The molecule has 0 aliphatic heterocycles. The van der Waals surface area contributed by atoms with E-state index in [2.05, 4.69) is 50.9 Å². The van der Waals surface area contributed by atoms with Crippen molar-refractivity contribution in [1.82, 2.24) is 19.5 Å². The molecular weight excluding hydrogens is 510 g/mol. The van der Waals surface area contributed by atoms with Crippen LogP contribution in [0.5, 0.6) is 0 Å². The molecule has 0 unspecified atom stereocenters. The van der Waals surface area contributed by atoms with Gasteiger partial charge in [0.1, 0.15) is 11.2 Å². The molecule has 0 spiro atoms. The van der Waals surface area contributed by atoms with Crippen LogP contribution in [0.4, 0.5) is 5.69 Å². The lowest BCUT2D eigenvalue weighted by Gasteiger charge is -2.38. The van der Waals surface area contributed by atoms with Crippen LogP contribution in [0.2, 0.25) is 0 Å². The van der Waals surface area contributed by atoms with Crippen LogP contribution in [0.1, 0.15) is 16.7 Å². The van der Waals surface area contributed by atoms with Crippen LogP contribution in [0.3, 0.4) is 0 Å². The molecule has 3 aromatic carbocycles. The highest BCUT2D eigenvalue weighted by molar-refractivity contribution is 6.07. The Bertz CT molecular complexity index is 1930. The van der Waals surface area contributed by atoms with E-state index in [1.54, 1.807) is 24.5 Å². The van der Waals surface area contributed by atoms with E-state index in [0.29, 0.717) is 11.3 Å². The predicted octanol–water partition coefficient (Wildman–Crippen LogP) is 7.39. The van der Waals surface area contributed by atoms with E-state index in [9.17, 15) is 10.1 Å². The molecule has 7 aromatic rings. The molecule has 0 saturated heterocycles. The Morgan fingerprint density at radius 3 is 1.85 bits per heavy atom. The molecule has 4 aromatic heterocycles. The average molecular weight is 534 g/mol. The van der Waals surface area contributed by atoms with Gasteiger partial charge in [-0.25, -0.2) is 9.97 Å². The SMILES string of the molecule is O=[N+]([O-])c1cccnc1-c1ccc2c3cnccc3n(C(c3ccccc3)(c3ccccc3)c3ccccc3)c2n1. The van der Waals surface area contributed by atoms with Crippen LogP contribution in [-0.4, -0.2) is 24.4 Å². The van der Waals surface area contributed by atoms with Crippen LogP contribution in [0, 0.1) is 10.1 Å². The summed E-state index contributed by atoms with van der Waals surface area (Å²) in [5.74, 6) is 0. The van der Waals surface area contributed by atoms with Crippen molar-refractivity contribution in [3.05, 3.63) is 167 Å². The van der Waals surface area contributed by atoms with E-state index in [1.807, 2.05) is 72.9 Å². The Labute approximate surface area is 235 Å². The Morgan fingerprint density at radius 2 is 1.27 bits per heavy atom. The van der Waals surface area contributed by atoms with Crippen LogP contribution in [0.25, 0.3) is 33.3 Å². The van der Waals surface area contributed by atoms with Gasteiger partial charge in [-0.2, -0.15) is 0 Å². The van der Waals surface area contributed by atoms with Crippen molar-refractivity contribution in [3.8, 4) is 11.4 Å². The third-order valence-electron chi connectivity index (χ3n) is 7.55. The molecule has 0 N–H and O–H groups in total. The van der Waals surface area contributed by atoms with Crippen molar-refractivity contribution in [2.24, 2.45) is 0 Å². The minimum atomic E-state index is -0.840. The zero-order valence-corrected chi connectivity index (χ0v) is 21.8. The maximum atomic E-state index is 11.9. The number of nitro groups is 1. The van der Waals surface area contributed by atoms with Crippen LogP contribution < -0.4 is 0 Å². The Balaban J connectivity index is 1.69. The highest BCUT2D eigenvalue weighted by Crippen LogP contribution is 2.46. The molecule has 0 aliphatic rings. The maximum absolute atomic E-state index is 11.9. The largest absolute Gasteiger partial charge is 0.307 e. The molecule has 0 bridgehead atoms. The van der Waals surface area contributed by atoms with Gasteiger partial charge in [0.25, 0.3) is 5.69 Å². The summed E-state index contributed by atoms with van der Waals surface area (Å²) >= 11 is 0. The van der Waals surface area contributed by atoms with Gasteiger partial charge in [-0.3, -0.25) is 15.1 Å². The molecule has 0 aliphatic carbocycles. The Hall–Kier alpha value is -5.69. The van der Waals surface area contributed by atoms with E-state index in [4.69, 9.17) is 4.98 Å². The summed E-state index contributed by atoms with van der Waals surface area (Å²) in [5, 5.41) is 13.7. The van der Waals surface area contributed by atoms with Gasteiger partial charge in [0, 0.05) is 35.4 Å². The Kier molecular flexibility index (Phi) is 5.83. The zero-order chi connectivity index (χ0) is 27.8. The normalized spacial score (nSPS) is 11.6. The first-order chi connectivity index (χ1) is 20.2. The number of fused-ring (bicyclic) bond motifs is 3. The lowest BCUT2D eigenvalue weighted by molar-refractivity contribution is -0.384. The number of benzene rings is 3. The van der Waals surface area contributed by atoms with Crippen LogP contribution in [-0.2, 0) is 5.54 Å². The predicted molar refractivity (Wildman–Crippen MR) is 160 cm³/mol. The van der Waals surface area contributed by atoms with E-state index >= 15 is 0 Å². The van der Waals surface area contributed by atoms with E-state index < -0.39 is 10.5 Å². The molecule has 7 nitrogen and oxygen atoms in total. The van der Waals surface area contributed by atoms with Gasteiger partial charge < -0.3 is 4.57 Å². The average Bonchev–Trinajstić information content (AvgIpc) is 3.37. The molecule has 0 radical (unpaired) electrons. The molecule has 0 atom stereocenters. The summed E-state index contributed by atoms with van der Waals surface area (Å²) in [4.78, 5) is 25.4. The first-order valence-electron chi connectivity index (χ1n) is 13.2. The third kappa shape index (κ3) is 3.78. The summed E-state index contributed by atoms with van der Waals surface area (Å²) < 4.78 is 2.25. The van der Waals surface area contributed by atoms with Crippen molar-refractivity contribution in [1.29, 1.82) is 0 Å². The monoisotopic (exact) mass is 533 g/mol. The van der Waals surface area contributed by atoms with Gasteiger partial charge in [-0.05, 0) is 41.0 Å². The van der Waals surface area contributed by atoms with Crippen molar-refractivity contribution in [3.63, 3.8) is 0 Å². The molecule has 0 amide bonds. The lowest BCUT2D eigenvalue weighted by Crippen LogP contribution is -2.37. The second-order valence-corrected chi connectivity index (χ2v) is 9.73. The highest BCUT2D eigenvalue weighted by Gasteiger charge is 2.41. The second kappa shape index (κ2) is 9.81. The zero-order valence-electron chi connectivity index (χ0n) is 21.8. The molecule has 0 saturated carbocycles. The lowest BCUT2D eigenvalue weighted by atomic mass is 9.76. The Morgan fingerprint density at radius 1 is 0.659 bits per heavy atom. The number of rotatable bonds is 6. The van der Waals surface area contributed by atoms with Crippen molar-refractivity contribution in [2.75, 3.05) is 0 Å². The summed E-state index contributed by atoms with van der Waals surface area (Å²) in [7, 11) is 0. The van der Waals surface area contributed by atoms with Crippen molar-refractivity contribution >= 4 is 27.6 Å². The summed E-state index contributed by atoms with van der Waals surface area (Å²) in [5.41, 5.74) is 4.45. The molecule has 4 heterocycles. The van der Waals surface area contributed by atoms with Crippen LogP contribution >= 0.6 is 0 Å². The quantitative estimate of drug-likeness (QED) is 0.126. The first-order valence-corrected chi connectivity index (χ1v) is 13.2. The molecule has 0 fully saturated rings. The fourth-order valence-electron chi connectivity index (χ4n) is 5.87. The van der Waals surface area contributed by atoms with Gasteiger partial charge in [-0.1, -0.05) is 91.0 Å². The van der Waals surface area contributed by atoms with Gasteiger partial charge in [0.2, 0.25) is 0 Å². The number of aromatic nitrogens is 4. The topological polar surface area (TPSA) is 86.7 Å². The molecule has 196 valence electrons. The minimum Gasteiger partial charge on any atom is -0.307 e. The molecule has 41 heavy (non-hydrogen) atoms. The highest BCUT2D eigenvalue weighted by atomic mass is 16.6. The van der Waals surface area contributed by atoms with Crippen LogP contribution in [0.15, 0.2) is 140 Å². The van der Waals surface area contributed by atoms with Crippen molar-refractivity contribution in [2.45, 2.75) is 5.54 Å². The number of pyridine rings is 3. The van der Waals surface area contributed by atoms with E-state index in [0.717, 1.165) is 33.0 Å². The van der Waals surface area contributed by atoms with E-state index in [1.165, 1.54) is 6.07 Å². The van der Waals surface area contributed by atoms with Crippen molar-refractivity contribution < 1.29 is 4.92 Å². The summed E-state index contributed by atoms with van der Waals surface area (Å²) in [6.07, 6.45) is 5.19. The van der Waals surface area contributed by atoms with Gasteiger partial charge in [0.05, 0.1) is 16.1 Å². The maximum Gasteiger partial charge on any atom is 0.297 e. The number of nitrogens with zero attached hydrogens (tertiary/aromatic N) is 5. The van der Waals surface area contributed by atoms with Gasteiger partial charge >= 0.3 is 0 Å². The fraction of sp³-hybridized carbons (Fsp3) is 0.0294. The number of hydrogen-bond acceptors (Lipinski definition) is 5. The number of hydrogen-bond donors (Lipinski definition) is 0. The molecule has 7 heteroatoms. The summed E-state index contributed by atoms with van der Waals surface area (Å²) in [6.45, 7) is 0. The van der Waals surface area contributed by atoms with Gasteiger partial charge in [0.15, 0.2) is 5.69 Å². The molecule has 7 rings (SSSR count). The smallest absolute Gasteiger partial charge is 0.297 e. The fourth-order valence-corrected chi connectivity index (χ4v) is 5.87. The van der Waals surface area contributed by atoms with Gasteiger partial charge in [-0.15, -0.1) is 0 Å². The minimum absolute atomic E-state index is 0.0934. The van der Waals surface area contributed by atoms with E-state index in [-0.39, 0.29) is 11.4 Å². The standard InChI is InChI=1S/C34H23N5O2/c40-39(41)31-17-10-21-36-32(31)29-19-18-27-28-23-35-22-20-30(28)38(33(27)37-29)34(24-11-4-1-5-12-24,25-13-6-2-7-14-25)26-15-8-3-9-16-26/h1-23H. The third-order valence-corrected chi connectivity index (χ3v) is 7.55.